The van der Waals surface area contributed by atoms with Gasteiger partial charge in [-0.15, -0.1) is 0 Å². The number of esters is 1. The lowest BCUT2D eigenvalue weighted by atomic mass is 10.0. The quantitative estimate of drug-likeness (QED) is 0.777. The first-order chi connectivity index (χ1) is 11.5. The molecule has 2 aromatic rings. The van der Waals surface area contributed by atoms with Crippen LogP contribution in [0, 0.1) is 0 Å². The van der Waals surface area contributed by atoms with Crippen LogP contribution >= 0.6 is 11.6 Å². The second-order valence-electron chi connectivity index (χ2n) is 5.65. The molecule has 0 bridgehead atoms. The van der Waals surface area contributed by atoms with Crippen LogP contribution in [0.2, 0.25) is 5.02 Å². The number of likely N-dealkylation sites (N-methyl/N-ethyl adjacent to an activating group) is 1. The highest BCUT2D eigenvalue weighted by atomic mass is 35.5. The second kappa shape index (κ2) is 8.71. The smallest absolute Gasteiger partial charge is 0.323 e. The number of carbonyl (C=O) groups is 1. The summed E-state index contributed by atoms with van der Waals surface area (Å²) in [5.74, 6) is -0.112. The van der Waals surface area contributed by atoms with Crippen LogP contribution in [0.3, 0.4) is 0 Å². The van der Waals surface area contributed by atoms with E-state index in [9.17, 15) is 9.90 Å². The molecule has 1 atom stereocenters. The number of ether oxygens (including phenoxy) is 1. The molecule has 0 saturated carbocycles. The van der Waals surface area contributed by atoms with Gasteiger partial charge in [-0.1, -0.05) is 41.9 Å². The van der Waals surface area contributed by atoms with Gasteiger partial charge in [0.05, 0.1) is 6.61 Å². The first-order valence-corrected chi connectivity index (χ1v) is 8.27. The SMILES string of the molecule is CCOC(=O)C(Cc1ccccc1)N(C)Cc1cc(O)ccc1Cl. The standard InChI is InChI=1S/C19H22ClNO3/c1-3-24-19(23)18(11-14-7-5-4-6-8-14)21(2)13-15-12-16(22)9-10-17(15)20/h4-10,12,18,22H,3,11,13H2,1-2H3. The predicted octanol–water partition coefficient (Wildman–Crippen LogP) is 3.65. The van der Waals surface area contributed by atoms with E-state index in [0.717, 1.165) is 11.1 Å². The average molecular weight is 348 g/mol. The molecule has 0 aromatic heterocycles. The van der Waals surface area contributed by atoms with Crippen molar-refractivity contribution in [1.29, 1.82) is 0 Å². The van der Waals surface area contributed by atoms with Crippen molar-refractivity contribution in [3.05, 3.63) is 64.7 Å². The van der Waals surface area contributed by atoms with Crippen molar-refractivity contribution >= 4 is 17.6 Å². The van der Waals surface area contributed by atoms with Crippen LogP contribution in [0.25, 0.3) is 0 Å². The number of benzene rings is 2. The fourth-order valence-electron chi connectivity index (χ4n) is 2.56. The molecule has 24 heavy (non-hydrogen) atoms. The van der Waals surface area contributed by atoms with Crippen LogP contribution in [0.4, 0.5) is 0 Å². The maximum Gasteiger partial charge on any atom is 0.323 e. The summed E-state index contributed by atoms with van der Waals surface area (Å²) in [5.41, 5.74) is 1.82. The third-order valence-electron chi connectivity index (χ3n) is 3.81. The number of halogens is 1. The Hall–Kier alpha value is -2.04. The highest BCUT2D eigenvalue weighted by Crippen LogP contribution is 2.23. The van der Waals surface area contributed by atoms with Gasteiger partial charge in [0.15, 0.2) is 0 Å². The Labute approximate surface area is 147 Å². The highest BCUT2D eigenvalue weighted by Gasteiger charge is 2.25. The molecular weight excluding hydrogens is 326 g/mol. The summed E-state index contributed by atoms with van der Waals surface area (Å²) < 4.78 is 5.23. The molecule has 0 amide bonds. The van der Waals surface area contributed by atoms with Gasteiger partial charge in [-0.05, 0) is 49.7 Å². The number of aromatic hydroxyl groups is 1. The molecule has 1 N–H and O–H groups in total. The lowest BCUT2D eigenvalue weighted by Gasteiger charge is -2.27. The van der Waals surface area contributed by atoms with E-state index in [1.807, 2.05) is 42.3 Å². The van der Waals surface area contributed by atoms with Gasteiger partial charge >= 0.3 is 5.97 Å². The second-order valence-corrected chi connectivity index (χ2v) is 6.06. The zero-order valence-electron chi connectivity index (χ0n) is 13.9. The summed E-state index contributed by atoms with van der Waals surface area (Å²) >= 11 is 6.19. The normalized spacial score (nSPS) is 12.2. The van der Waals surface area contributed by atoms with Crippen LogP contribution in [-0.2, 0) is 22.5 Å². The van der Waals surface area contributed by atoms with Crippen LogP contribution in [-0.4, -0.2) is 35.7 Å². The first-order valence-electron chi connectivity index (χ1n) is 7.89. The molecule has 0 fully saturated rings. The summed E-state index contributed by atoms with van der Waals surface area (Å²) in [6.07, 6.45) is 0.548. The van der Waals surface area contributed by atoms with Gasteiger partial charge in [-0.2, -0.15) is 0 Å². The predicted molar refractivity (Wildman–Crippen MR) is 95.2 cm³/mol. The first kappa shape index (κ1) is 18.3. The maximum atomic E-state index is 12.4. The molecule has 128 valence electrons. The third-order valence-corrected chi connectivity index (χ3v) is 4.18. The molecule has 2 aromatic carbocycles. The molecule has 0 aliphatic rings. The molecule has 0 spiro atoms. The zero-order chi connectivity index (χ0) is 17.5. The molecule has 1 unspecified atom stereocenters. The van der Waals surface area contributed by atoms with E-state index in [-0.39, 0.29) is 11.7 Å². The molecule has 2 rings (SSSR count). The fraction of sp³-hybridized carbons (Fsp3) is 0.316. The Bertz CT molecular complexity index is 676. The number of nitrogens with zero attached hydrogens (tertiary/aromatic N) is 1. The van der Waals surface area contributed by atoms with Gasteiger partial charge in [-0.3, -0.25) is 9.69 Å². The molecule has 0 radical (unpaired) electrons. The van der Waals surface area contributed by atoms with Crippen LogP contribution in [0.5, 0.6) is 5.75 Å². The molecule has 0 aliphatic heterocycles. The Morgan fingerprint density at radius 2 is 1.96 bits per heavy atom. The monoisotopic (exact) mass is 347 g/mol. The van der Waals surface area contributed by atoms with Crippen molar-refractivity contribution < 1.29 is 14.6 Å². The molecule has 4 nitrogen and oxygen atoms in total. The molecule has 0 heterocycles. The van der Waals surface area contributed by atoms with Crippen molar-refractivity contribution in [3.63, 3.8) is 0 Å². The van der Waals surface area contributed by atoms with E-state index in [1.54, 1.807) is 25.1 Å². The third kappa shape index (κ3) is 4.98. The summed E-state index contributed by atoms with van der Waals surface area (Å²) in [7, 11) is 1.85. The Morgan fingerprint density at radius 3 is 2.62 bits per heavy atom. The zero-order valence-corrected chi connectivity index (χ0v) is 14.7. The topological polar surface area (TPSA) is 49.8 Å². The Kier molecular flexibility index (Phi) is 6.64. The van der Waals surface area contributed by atoms with Gasteiger partial charge in [0.1, 0.15) is 11.8 Å². The number of phenols is 1. The van der Waals surface area contributed by atoms with Crippen LogP contribution in [0.1, 0.15) is 18.1 Å². The highest BCUT2D eigenvalue weighted by molar-refractivity contribution is 6.31. The Morgan fingerprint density at radius 1 is 1.25 bits per heavy atom. The van der Waals surface area contributed by atoms with E-state index in [0.29, 0.717) is 24.6 Å². The number of rotatable bonds is 7. The maximum absolute atomic E-state index is 12.4. The van der Waals surface area contributed by atoms with Crippen molar-refractivity contribution in [2.45, 2.75) is 25.9 Å². The van der Waals surface area contributed by atoms with Crippen LogP contribution in [0.15, 0.2) is 48.5 Å². The van der Waals surface area contributed by atoms with E-state index >= 15 is 0 Å². The number of carbonyl (C=O) groups excluding carboxylic acids is 1. The van der Waals surface area contributed by atoms with Gasteiger partial charge in [0, 0.05) is 11.6 Å². The summed E-state index contributed by atoms with van der Waals surface area (Å²) in [6.45, 7) is 2.57. The van der Waals surface area contributed by atoms with Gasteiger partial charge in [0.2, 0.25) is 0 Å². The van der Waals surface area contributed by atoms with Crippen molar-refractivity contribution in [2.24, 2.45) is 0 Å². The summed E-state index contributed by atoms with van der Waals surface area (Å²) in [4.78, 5) is 14.3. The van der Waals surface area contributed by atoms with E-state index in [2.05, 4.69) is 0 Å². The molecule has 0 aliphatic carbocycles. The number of hydrogen-bond donors (Lipinski definition) is 1. The summed E-state index contributed by atoms with van der Waals surface area (Å²) in [6, 6.07) is 14.2. The molecule has 5 heteroatoms. The van der Waals surface area contributed by atoms with Crippen molar-refractivity contribution in [3.8, 4) is 5.75 Å². The molecule has 0 saturated heterocycles. The van der Waals surface area contributed by atoms with E-state index < -0.39 is 6.04 Å². The minimum absolute atomic E-state index is 0.151. The minimum atomic E-state index is -0.425. The number of hydrogen-bond acceptors (Lipinski definition) is 4. The van der Waals surface area contributed by atoms with Crippen LogP contribution < -0.4 is 0 Å². The minimum Gasteiger partial charge on any atom is -0.508 e. The fourth-order valence-corrected chi connectivity index (χ4v) is 2.73. The van der Waals surface area contributed by atoms with E-state index in [1.165, 1.54) is 0 Å². The average Bonchev–Trinajstić information content (AvgIpc) is 2.57. The van der Waals surface area contributed by atoms with Crippen molar-refractivity contribution in [1.82, 2.24) is 4.90 Å². The Balaban J connectivity index is 2.18. The number of phenolic OH excluding ortho intramolecular Hbond substituents is 1. The largest absolute Gasteiger partial charge is 0.508 e. The lowest BCUT2D eigenvalue weighted by molar-refractivity contribution is -0.149. The van der Waals surface area contributed by atoms with Crippen molar-refractivity contribution in [2.75, 3.05) is 13.7 Å². The lowest BCUT2D eigenvalue weighted by Crippen LogP contribution is -2.41. The van der Waals surface area contributed by atoms with Gasteiger partial charge in [0.25, 0.3) is 0 Å². The van der Waals surface area contributed by atoms with Gasteiger partial charge < -0.3 is 9.84 Å². The van der Waals surface area contributed by atoms with Gasteiger partial charge in [-0.25, -0.2) is 0 Å². The van der Waals surface area contributed by atoms with E-state index in [4.69, 9.17) is 16.3 Å². The molecular formula is C19H22ClNO3. The summed E-state index contributed by atoms with van der Waals surface area (Å²) in [5, 5.41) is 10.2.